The Labute approximate surface area is 132 Å². The molecule has 7 heteroatoms. The molecule has 1 aliphatic rings. The molecule has 1 atom stereocenters. The summed E-state index contributed by atoms with van der Waals surface area (Å²) in [7, 11) is 0. The minimum Gasteiger partial charge on any atom is -0.488 e. The van der Waals surface area contributed by atoms with Crippen LogP contribution >= 0.6 is 23.2 Å². The number of benzene rings is 1. The first-order chi connectivity index (χ1) is 10.1. The zero-order valence-electron chi connectivity index (χ0n) is 11.2. The van der Waals surface area contributed by atoms with Crippen LogP contribution in [0.3, 0.4) is 0 Å². The molecule has 1 fully saturated rings. The molecule has 1 saturated heterocycles. The van der Waals surface area contributed by atoms with E-state index in [2.05, 4.69) is 14.9 Å². The van der Waals surface area contributed by atoms with Gasteiger partial charge in [-0.25, -0.2) is 4.98 Å². The van der Waals surface area contributed by atoms with Gasteiger partial charge in [-0.15, -0.1) is 0 Å². The van der Waals surface area contributed by atoms with E-state index in [1.165, 1.54) is 0 Å². The highest BCUT2D eigenvalue weighted by Crippen LogP contribution is 2.25. The minimum absolute atomic E-state index is 0.0819. The monoisotopic (exact) mass is 324 g/mol. The van der Waals surface area contributed by atoms with Crippen molar-refractivity contribution in [3.05, 3.63) is 40.5 Å². The number of ether oxygens (including phenoxy) is 1. The normalized spacial score (nSPS) is 18.0. The molecule has 0 saturated carbocycles. The van der Waals surface area contributed by atoms with Crippen molar-refractivity contribution in [3.63, 3.8) is 0 Å². The molecule has 5 nitrogen and oxygen atoms in total. The zero-order valence-corrected chi connectivity index (χ0v) is 12.7. The molecule has 1 aromatic carbocycles. The quantitative estimate of drug-likeness (QED) is 0.879. The SMILES string of the molecule is Nc1nc(Cl)cc(N2CCC(Oc3cccc(Cl)c3)C2)n1. The lowest BCUT2D eigenvalue weighted by Gasteiger charge is -2.18. The summed E-state index contributed by atoms with van der Waals surface area (Å²) in [5.74, 6) is 1.68. The van der Waals surface area contributed by atoms with Crippen molar-refractivity contribution < 1.29 is 4.74 Å². The highest BCUT2D eigenvalue weighted by molar-refractivity contribution is 6.30. The molecule has 3 rings (SSSR count). The molecule has 21 heavy (non-hydrogen) atoms. The highest BCUT2D eigenvalue weighted by atomic mass is 35.5. The van der Waals surface area contributed by atoms with Crippen LogP contribution in [-0.2, 0) is 0 Å². The van der Waals surface area contributed by atoms with E-state index in [4.69, 9.17) is 33.7 Å². The number of halogens is 2. The lowest BCUT2D eigenvalue weighted by Crippen LogP contribution is -2.25. The fourth-order valence-electron chi connectivity index (χ4n) is 2.35. The molecule has 0 spiro atoms. The second-order valence-electron chi connectivity index (χ2n) is 4.84. The maximum absolute atomic E-state index is 5.95. The molecule has 2 heterocycles. The summed E-state index contributed by atoms with van der Waals surface area (Å²) in [4.78, 5) is 10.1. The average molecular weight is 325 g/mol. The van der Waals surface area contributed by atoms with Gasteiger partial charge in [0.25, 0.3) is 0 Å². The summed E-state index contributed by atoms with van der Waals surface area (Å²) in [6.45, 7) is 1.55. The van der Waals surface area contributed by atoms with Crippen LogP contribution in [0, 0.1) is 0 Å². The van der Waals surface area contributed by atoms with Crippen molar-refractivity contribution in [2.45, 2.75) is 12.5 Å². The number of aromatic nitrogens is 2. The van der Waals surface area contributed by atoms with Gasteiger partial charge in [0.15, 0.2) is 0 Å². The third-order valence-electron chi connectivity index (χ3n) is 3.27. The van der Waals surface area contributed by atoms with Crippen LogP contribution in [0.4, 0.5) is 11.8 Å². The second-order valence-corrected chi connectivity index (χ2v) is 5.66. The number of hydrogen-bond acceptors (Lipinski definition) is 5. The van der Waals surface area contributed by atoms with Gasteiger partial charge in [0.2, 0.25) is 5.95 Å². The summed E-state index contributed by atoms with van der Waals surface area (Å²) in [6, 6.07) is 9.10. The van der Waals surface area contributed by atoms with E-state index in [1.807, 2.05) is 24.3 Å². The predicted molar refractivity (Wildman–Crippen MR) is 84.2 cm³/mol. The topological polar surface area (TPSA) is 64.3 Å². The van der Waals surface area contributed by atoms with E-state index in [1.54, 1.807) is 6.07 Å². The molecule has 0 amide bonds. The van der Waals surface area contributed by atoms with Gasteiger partial charge in [-0.3, -0.25) is 0 Å². The van der Waals surface area contributed by atoms with Crippen LogP contribution in [0.2, 0.25) is 10.2 Å². The van der Waals surface area contributed by atoms with Crippen molar-refractivity contribution in [3.8, 4) is 5.75 Å². The molecular formula is C14H14Cl2N4O. The molecule has 0 bridgehead atoms. The van der Waals surface area contributed by atoms with Crippen LogP contribution in [0.25, 0.3) is 0 Å². The van der Waals surface area contributed by atoms with Crippen LogP contribution in [0.1, 0.15) is 6.42 Å². The largest absolute Gasteiger partial charge is 0.488 e. The van der Waals surface area contributed by atoms with Crippen LogP contribution < -0.4 is 15.4 Å². The van der Waals surface area contributed by atoms with Crippen molar-refractivity contribution in [2.24, 2.45) is 0 Å². The van der Waals surface area contributed by atoms with E-state index in [0.29, 0.717) is 10.2 Å². The summed E-state index contributed by atoms with van der Waals surface area (Å²) < 4.78 is 5.93. The van der Waals surface area contributed by atoms with Crippen molar-refractivity contribution in [1.82, 2.24) is 9.97 Å². The van der Waals surface area contributed by atoms with Gasteiger partial charge in [-0.1, -0.05) is 29.3 Å². The average Bonchev–Trinajstić information content (AvgIpc) is 2.86. The number of anilines is 2. The molecule has 110 valence electrons. The number of rotatable bonds is 3. The maximum Gasteiger partial charge on any atom is 0.223 e. The Morgan fingerprint density at radius 2 is 2.10 bits per heavy atom. The second kappa shape index (κ2) is 5.95. The Morgan fingerprint density at radius 3 is 2.86 bits per heavy atom. The van der Waals surface area contributed by atoms with Gasteiger partial charge in [0.05, 0.1) is 6.54 Å². The molecule has 2 N–H and O–H groups in total. The van der Waals surface area contributed by atoms with E-state index < -0.39 is 0 Å². The molecule has 1 unspecified atom stereocenters. The van der Waals surface area contributed by atoms with Crippen molar-refractivity contribution in [2.75, 3.05) is 23.7 Å². The fourth-order valence-corrected chi connectivity index (χ4v) is 2.71. The number of hydrogen-bond donors (Lipinski definition) is 1. The first kappa shape index (κ1) is 14.2. The lowest BCUT2D eigenvalue weighted by atomic mass is 10.3. The maximum atomic E-state index is 5.95. The molecule has 0 radical (unpaired) electrons. The predicted octanol–water partition coefficient (Wildman–Crippen LogP) is 3.02. The summed E-state index contributed by atoms with van der Waals surface area (Å²) in [5, 5.41) is 1.01. The van der Waals surface area contributed by atoms with Gasteiger partial charge >= 0.3 is 0 Å². The Morgan fingerprint density at radius 1 is 1.24 bits per heavy atom. The lowest BCUT2D eigenvalue weighted by molar-refractivity contribution is 0.225. The summed E-state index contributed by atoms with van der Waals surface area (Å²) in [6.07, 6.45) is 0.979. The minimum atomic E-state index is 0.0819. The highest BCUT2D eigenvalue weighted by Gasteiger charge is 2.25. The zero-order chi connectivity index (χ0) is 14.8. The molecular weight excluding hydrogens is 311 g/mol. The van der Waals surface area contributed by atoms with E-state index in [0.717, 1.165) is 31.1 Å². The van der Waals surface area contributed by atoms with Crippen LogP contribution in [-0.4, -0.2) is 29.2 Å². The summed E-state index contributed by atoms with van der Waals surface area (Å²) >= 11 is 11.9. The van der Waals surface area contributed by atoms with Crippen LogP contribution in [0.15, 0.2) is 30.3 Å². The van der Waals surface area contributed by atoms with Gasteiger partial charge < -0.3 is 15.4 Å². The third kappa shape index (κ3) is 3.49. The van der Waals surface area contributed by atoms with Gasteiger partial charge in [0.1, 0.15) is 22.8 Å². The standard InChI is InChI=1S/C14H14Cl2N4O/c15-9-2-1-3-10(6-9)21-11-4-5-20(8-11)13-7-12(16)18-14(17)19-13/h1-3,6-7,11H,4-5,8H2,(H2,17,18,19). The third-order valence-corrected chi connectivity index (χ3v) is 3.70. The van der Waals surface area contributed by atoms with Crippen LogP contribution in [0.5, 0.6) is 5.75 Å². The fraction of sp³-hybridized carbons (Fsp3) is 0.286. The molecule has 2 aromatic rings. The van der Waals surface area contributed by atoms with Gasteiger partial charge in [-0.05, 0) is 18.2 Å². The Balaban J connectivity index is 1.68. The number of nitrogens with two attached hydrogens (primary N) is 1. The first-order valence-electron chi connectivity index (χ1n) is 6.57. The number of nitrogens with zero attached hydrogens (tertiary/aromatic N) is 3. The van der Waals surface area contributed by atoms with E-state index in [9.17, 15) is 0 Å². The van der Waals surface area contributed by atoms with Gasteiger partial charge in [0, 0.05) is 24.1 Å². The van der Waals surface area contributed by atoms with E-state index in [-0.39, 0.29) is 12.1 Å². The molecule has 1 aromatic heterocycles. The van der Waals surface area contributed by atoms with Crippen molar-refractivity contribution in [1.29, 1.82) is 0 Å². The Hall–Kier alpha value is -1.72. The smallest absolute Gasteiger partial charge is 0.223 e. The van der Waals surface area contributed by atoms with E-state index >= 15 is 0 Å². The number of nitrogen functional groups attached to an aromatic ring is 1. The van der Waals surface area contributed by atoms with Crippen molar-refractivity contribution >= 4 is 35.0 Å². The Kier molecular flexibility index (Phi) is 4.03. The summed E-state index contributed by atoms with van der Waals surface area (Å²) in [5.41, 5.74) is 5.62. The Bertz CT molecular complexity index is 632. The first-order valence-corrected chi connectivity index (χ1v) is 7.33. The molecule has 1 aliphatic heterocycles. The molecule has 0 aliphatic carbocycles. The van der Waals surface area contributed by atoms with Gasteiger partial charge in [-0.2, -0.15) is 4.98 Å².